The molecule has 3 rings (SSSR count). The Morgan fingerprint density at radius 3 is 2.50 bits per heavy atom. The van der Waals surface area contributed by atoms with E-state index in [4.69, 9.17) is 18.5 Å². The summed E-state index contributed by atoms with van der Waals surface area (Å²) in [6.45, 7) is 3.22. The van der Waals surface area contributed by atoms with Crippen LogP contribution in [0, 0.1) is 0 Å². The minimum atomic E-state index is -3.04. The van der Waals surface area contributed by atoms with Gasteiger partial charge in [-0.1, -0.05) is 30.3 Å². The smallest absolute Gasteiger partial charge is 0.330 e. The predicted octanol–water partition coefficient (Wildman–Crippen LogP) is 5.05. The Balaban J connectivity index is 1.80. The van der Waals surface area contributed by atoms with Gasteiger partial charge in [0.15, 0.2) is 0 Å². The Morgan fingerprint density at radius 2 is 1.81 bits per heavy atom. The van der Waals surface area contributed by atoms with Crippen LogP contribution >= 0.6 is 7.60 Å². The van der Waals surface area contributed by atoms with Crippen LogP contribution in [0.5, 0.6) is 5.75 Å². The van der Waals surface area contributed by atoms with E-state index in [1.807, 2.05) is 42.6 Å². The monoisotopic (exact) mass is 459 g/mol. The molecule has 1 aromatic heterocycles. The van der Waals surface area contributed by atoms with Crippen LogP contribution in [-0.2, 0) is 36.1 Å². The van der Waals surface area contributed by atoms with Gasteiger partial charge < -0.3 is 23.1 Å². The molecule has 0 unspecified atom stereocenters. The van der Waals surface area contributed by atoms with Crippen LogP contribution in [0.4, 0.5) is 0 Å². The topological polar surface area (TPSA) is 76.0 Å². The number of rotatable bonds is 12. The minimum Gasteiger partial charge on any atom is -0.494 e. The molecular formula is C24H30NO6P. The van der Waals surface area contributed by atoms with Gasteiger partial charge in [-0.15, -0.1) is 0 Å². The van der Waals surface area contributed by atoms with Crippen molar-refractivity contribution in [2.75, 3.05) is 33.6 Å². The second-order valence-corrected chi connectivity index (χ2v) is 9.73. The molecule has 0 amide bonds. The van der Waals surface area contributed by atoms with Gasteiger partial charge in [-0.05, 0) is 42.7 Å². The standard InChI is InChI=1S/C24H30NO6P/c1-4-30-24(26)15-20-18-25(17-19-9-6-5-7-10-19)23-12-11-21(16-22(20)23)31-13-8-14-32(27,28-2)29-3/h5-7,9-12,16,18H,4,8,13-15,17H2,1-3H3. The molecule has 0 N–H and O–H groups in total. The molecule has 32 heavy (non-hydrogen) atoms. The molecule has 0 saturated carbocycles. The average Bonchev–Trinajstić information content (AvgIpc) is 3.13. The number of esters is 1. The van der Waals surface area contributed by atoms with Crippen molar-refractivity contribution in [2.24, 2.45) is 0 Å². The molecule has 8 heteroatoms. The van der Waals surface area contributed by atoms with Crippen molar-refractivity contribution in [3.8, 4) is 5.75 Å². The van der Waals surface area contributed by atoms with Crippen molar-refractivity contribution in [3.63, 3.8) is 0 Å². The predicted molar refractivity (Wildman–Crippen MR) is 124 cm³/mol. The molecule has 0 radical (unpaired) electrons. The molecule has 0 spiro atoms. The zero-order chi connectivity index (χ0) is 23.0. The van der Waals surface area contributed by atoms with Crippen LogP contribution < -0.4 is 4.74 Å². The van der Waals surface area contributed by atoms with Gasteiger partial charge in [0.1, 0.15) is 5.75 Å². The maximum Gasteiger partial charge on any atom is 0.330 e. The van der Waals surface area contributed by atoms with Crippen LogP contribution in [0.25, 0.3) is 10.9 Å². The summed E-state index contributed by atoms with van der Waals surface area (Å²) < 4.78 is 35.2. The lowest BCUT2D eigenvalue weighted by molar-refractivity contribution is -0.142. The Morgan fingerprint density at radius 1 is 1.06 bits per heavy atom. The molecule has 7 nitrogen and oxygen atoms in total. The molecular weight excluding hydrogens is 429 g/mol. The van der Waals surface area contributed by atoms with E-state index < -0.39 is 7.60 Å². The Bertz CT molecular complexity index is 1070. The molecule has 2 aromatic carbocycles. The fraction of sp³-hybridized carbons (Fsp3) is 0.375. The second-order valence-electron chi connectivity index (χ2n) is 7.33. The highest BCUT2D eigenvalue weighted by Gasteiger charge is 2.20. The fourth-order valence-electron chi connectivity index (χ4n) is 3.56. The summed E-state index contributed by atoms with van der Waals surface area (Å²) in [5, 5.41) is 0.950. The number of hydrogen-bond acceptors (Lipinski definition) is 6. The first-order chi connectivity index (χ1) is 15.5. The van der Waals surface area contributed by atoms with Gasteiger partial charge in [0.25, 0.3) is 0 Å². The lowest BCUT2D eigenvalue weighted by atomic mass is 10.1. The molecule has 0 bridgehead atoms. The first-order valence-electron chi connectivity index (χ1n) is 10.6. The maximum atomic E-state index is 12.2. The summed E-state index contributed by atoms with van der Waals surface area (Å²) >= 11 is 0. The number of carbonyl (C=O) groups is 1. The number of carbonyl (C=O) groups excluding carboxylic acids is 1. The molecule has 0 atom stereocenters. The van der Waals surface area contributed by atoms with Gasteiger partial charge in [-0.3, -0.25) is 9.36 Å². The zero-order valence-electron chi connectivity index (χ0n) is 18.8. The Kier molecular flexibility index (Phi) is 8.51. The first-order valence-corrected chi connectivity index (χ1v) is 12.4. The third kappa shape index (κ3) is 6.22. The van der Waals surface area contributed by atoms with E-state index in [0.29, 0.717) is 31.9 Å². The molecule has 0 aliphatic rings. The van der Waals surface area contributed by atoms with Gasteiger partial charge in [0.05, 0.1) is 25.8 Å². The second kappa shape index (κ2) is 11.3. The summed E-state index contributed by atoms with van der Waals surface area (Å²) in [6.07, 6.45) is 3.01. The lowest BCUT2D eigenvalue weighted by Crippen LogP contribution is -2.07. The third-order valence-corrected chi connectivity index (χ3v) is 7.15. The van der Waals surface area contributed by atoms with Gasteiger partial charge in [-0.25, -0.2) is 0 Å². The summed E-state index contributed by atoms with van der Waals surface area (Å²) in [5.41, 5.74) is 3.08. The van der Waals surface area contributed by atoms with E-state index in [1.165, 1.54) is 19.8 Å². The normalized spacial score (nSPS) is 11.6. The molecule has 0 saturated heterocycles. The summed E-state index contributed by atoms with van der Waals surface area (Å²) in [4.78, 5) is 12.2. The maximum absolute atomic E-state index is 12.2. The fourth-order valence-corrected chi connectivity index (χ4v) is 4.60. The van der Waals surface area contributed by atoms with Crippen molar-refractivity contribution < 1.29 is 27.9 Å². The van der Waals surface area contributed by atoms with Crippen molar-refractivity contribution in [2.45, 2.75) is 26.3 Å². The number of aromatic nitrogens is 1. The van der Waals surface area contributed by atoms with Gasteiger partial charge in [0.2, 0.25) is 0 Å². The summed E-state index contributed by atoms with van der Waals surface area (Å²) in [6, 6.07) is 16.0. The van der Waals surface area contributed by atoms with Crippen LogP contribution in [-0.4, -0.2) is 44.1 Å². The molecule has 1 heterocycles. The molecule has 172 valence electrons. The van der Waals surface area contributed by atoms with Gasteiger partial charge in [0, 0.05) is 37.9 Å². The van der Waals surface area contributed by atoms with Crippen LogP contribution in [0.1, 0.15) is 24.5 Å². The highest BCUT2D eigenvalue weighted by molar-refractivity contribution is 7.53. The average molecular weight is 459 g/mol. The quantitative estimate of drug-likeness (QED) is 0.214. The summed E-state index contributed by atoms with van der Waals surface area (Å²) in [7, 11) is -0.279. The van der Waals surface area contributed by atoms with E-state index in [9.17, 15) is 9.36 Å². The number of hydrogen-bond donors (Lipinski definition) is 0. The number of benzene rings is 2. The number of nitrogens with zero attached hydrogens (tertiary/aromatic N) is 1. The van der Waals surface area contributed by atoms with E-state index in [0.717, 1.165) is 16.5 Å². The highest BCUT2D eigenvalue weighted by Crippen LogP contribution is 2.46. The first kappa shape index (κ1) is 24.1. The van der Waals surface area contributed by atoms with Crippen molar-refractivity contribution in [3.05, 3.63) is 65.9 Å². The van der Waals surface area contributed by atoms with Gasteiger partial charge >= 0.3 is 13.6 Å². The van der Waals surface area contributed by atoms with E-state index in [-0.39, 0.29) is 18.6 Å². The largest absolute Gasteiger partial charge is 0.494 e. The number of fused-ring (bicyclic) bond motifs is 1. The SMILES string of the molecule is CCOC(=O)Cc1cn(Cc2ccccc2)c2ccc(OCCCP(=O)(OC)OC)cc12. The van der Waals surface area contributed by atoms with E-state index in [2.05, 4.69) is 16.7 Å². The number of ether oxygens (including phenoxy) is 2. The Hall–Kier alpha value is -2.60. The molecule has 0 fully saturated rings. The van der Waals surface area contributed by atoms with E-state index >= 15 is 0 Å². The minimum absolute atomic E-state index is 0.195. The molecule has 3 aromatic rings. The molecule has 0 aliphatic carbocycles. The third-order valence-electron chi connectivity index (χ3n) is 5.17. The lowest BCUT2D eigenvalue weighted by Gasteiger charge is -2.13. The van der Waals surface area contributed by atoms with Crippen molar-refractivity contribution >= 4 is 24.5 Å². The van der Waals surface area contributed by atoms with Crippen LogP contribution in [0.2, 0.25) is 0 Å². The van der Waals surface area contributed by atoms with Gasteiger partial charge in [-0.2, -0.15) is 0 Å². The van der Waals surface area contributed by atoms with Crippen LogP contribution in [0.15, 0.2) is 54.7 Å². The Labute approximate surface area is 188 Å². The zero-order valence-corrected chi connectivity index (χ0v) is 19.7. The molecule has 0 aliphatic heterocycles. The highest BCUT2D eigenvalue weighted by atomic mass is 31.2. The van der Waals surface area contributed by atoms with Crippen molar-refractivity contribution in [1.29, 1.82) is 0 Å². The van der Waals surface area contributed by atoms with Crippen LogP contribution in [0.3, 0.4) is 0 Å². The van der Waals surface area contributed by atoms with E-state index in [1.54, 1.807) is 6.92 Å². The van der Waals surface area contributed by atoms with Crippen molar-refractivity contribution in [1.82, 2.24) is 4.57 Å². The summed E-state index contributed by atoms with van der Waals surface area (Å²) in [5.74, 6) is 0.428.